The minimum absolute atomic E-state index is 0.155. The van der Waals surface area contributed by atoms with Crippen molar-refractivity contribution in [3.63, 3.8) is 0 Å². The molecule has 0 heterocycles. The van der Waals surface area contributed by atoms with E-state index in [1.54, 1.807) is 12.1 Å². The van der Waals surface area contributed by atoms with Crippen molar-refractivity contribution in [2.75, 3.05) is 6.54 Å². The van der Waals surface area contributed by atoms with Gasteiger partial charge in [-0.2, -0.15) is 5.26 Å². The number of hydrogen-bond donors (Lipinski definition) is 1. The summed E-state index contributed by atoms with van der Waals surface area (Å²) in [7, 11) is -3.52. The maximum Gasteiger partial charge on any atom is 0.240 e. The molecule has 0 radical (unpaired) electrons. The molecule has 5 heteroatoms. The predicted molar refractivity (Wildman–Crippen MR) is 79.7 cm³/mol. The fraction of sp³-hybridized carbons (Fsp3) is 0.533. The predicted octanol–water partition coefficient (Wildman–Crippen LogP) is 3.05. The maximum atomic E-state index is 12.2. The molecular formula is C15H22N2O2S. The molecule has 0 aliphatic carbocycles. The summed E-state index contributed by atoms with van der Waals surface area (Å²) in [4.78, 5) is 0.155. The van der Waals surface area contributed by atoms with Crippen LogP contribution in [0.5, 0.6) is 0 Å². The minimum atomic E-state index is -3.52. The van der Waals surface area contributed by atoms with E-state index in [-0.39, 0.29) is 4.90 Å². The van der Waals surface area contributed by atoms with E-state index in [1.807, 2.05) is 6.07 Å². The molecule has 0 bridgehead atoms. The Labute approximate surface area is 121 Å². The Morgan fingerprint density at radius 2 is 2.10 bits per heavy atom. The van der Waals surface area contributed by atoms with Crippen LogP contribution in [-0.2, 0) is 10.0 Å². The van der Waals surface area contributed by atoms with Crippen LogP contribution in [0.3, 0.4) is 0 Å². The Morgan fingerprint density at radius 3 is 2.70 bits per heavy atom. The average molecular weight is 294 g/mol. The van der Waals surface area contributed by atoms with Gasteiger partial charge in [0.1, 0.15) is 0 Å². The summed E-state index contributed by atoms with van der Waals surface area (Å²) < 4.78 is 27.0. The average Bonchev–Trinajstić information content (AvgIpc) is 2.47. The molecule has 1 unspecified atom stereocenters. The lowest BCUT2D eigenvalue weighted by Crippen LogP contribution is -2.29. The lowest BCUT2D eigenvalue weighted by atomic mass is 10.00. The highest BCUT2D eigenvalue weighted by Crippen LogP contribution is 2.14. The molecule has 1 atom stereocenters. The van der Waals surface area contributed by atoms with Crippen LogP contribution in [0, 0.1) is 17.2 Å². The first-order valence-electron chi connectivity index (χ1n) is 7.03. The van der Waals surface area contributed by atoms with Gasteiger partial charge in [0.15, 0.2) is 0 Å². The molecule has 0 aromatic heterocycles. The second-order valence-corrected chi connectivity index (χ2v) is 6.67. The summed E-state index contributed by atoms with van der Waals surface area (Å²) in [6.07, 6.45) is 4.23. The zero-order chi connectivity index (χ0) is 15.0. The van der Waals surface area contributed by atoms with Gasteiger partial charge < -0.3 is 0 Å². The van der Waals surface area contributed by atoms with Gasteiger partial charge in [-0.25, -0.2) is 13.1 Å². The fourth-order valence-corrected chi connectivity index (χ4v) is 3.15. The van der Waals surface area contributed by atoms with E-state index in [1.165, 1.54) is 12.1 Å². The van der Waals surface area contributed by atoms with Gasteiger partial charge in [-0.15, -0.1) is 0 Å². The van der Waals surface area contributed by atoms with Crippen LogP contribution in [0.25, 0.3) is 0 Å². The molecular weight excluding hydrogens is 272 g/mol. The number of unbranched alkanes of at least 4 members (excludes halogenated alkanes) is 1. The maximum absolute atomic E-state index is 12.2. The lowest BCUT2D eigenvalue weighted by Gasteiger charge is -2.15. The largest absolute Gasteiger partial charge is 0.240 e. The van der Waals surface area contributed by atoms with Crippen molar-refractivity contribution >= 4 is 10.0 Å². The van der Waals surface area contributed by atoms with Crippen LogP contribution in [0.1, 0.15) is 45.1 Å². The molecule has 20 heavy (non-hydrogen) atoms. The molecule has 1 N–H and O–H groups in total. The van der Waals surface area contributed by atoms with E-state index in [4.69, 9.17) is 5.26 Å². The molecule has 0 saturated heterocycles. The van der Waals surface area contributed by atoms with E-state index in [0.29, 0.717) is 18.0 Å². The molecule has 0 spiro atoms. The second kappa shape index (κ2) is 8.03. The Balaban J connectivity index is 2.72. The minimum Gasteiger partial charge on any atom is -0.211 e. The van der Waals surface area contributed by atoms with Gasteiger partial charge in [0.2, 0.25) is 10.0 Å². The third-order valence-corrected chi connectivity index (χ3v) is 4.80. The Hall–Kier alpha value is -1.38. The van der Waals surface area contributed by atoms with Gasteiger partial charge in [-0.1, -0.05) is 39.2 Å². The number of hydrogen-bond acceptors (Lipinski definition) is 3. The highest BCUT2D eigenvalue weighted by atomic mass is 32.2. The molecule has 1 aromatic rings. The van der Waals surface area contributed by atoms with Crippen LogP contribution >= 0.6 is 0 Å². The van der Waals surface area contributed by atoms with Crippen molar-refractivity contribution in [1.29, 1.82) is 5.26 Å². The third kappa shape index (κ3) is 4.95. The number of nitrogens with zero attached hydrogens (tertiary/aromatic N) is 1. The summed E-state index contributed by atoms with van der Waals surface area (Å²) in [6.45, 7) is 4.66. The highest BCUT2D eigenvalue weighted by molar-refractivity contribution is 7.89. The van der Waals surface area contributed by atoms with Gasteiger partial charge in [-0.05, 0) is 30.5 Å². The quantitative estimate of drug-likeness (QED) is 0.801. The topological polar surface area (TPSA) is 70.0 Å². The zero-order valence-corrected chi connectivity index (χ0v) is 12.9. The summed E-state index contributed by atoms with van der Waals surface area (Å²) in [5, 5.41) is 8.82. The molecule has 1 aromatic carbocycles. The summed E-state index contributed by atoms with van der Waals surface area (Å²) in [6, 6.07) is 8.04. The van der Waals surface area contributed by atoms with Crippen LogP contribution in [-0.4, -0.2) is 15.0 Å². The number of nitriles is 1. The number of rotatable bonds is 8. The normalized spacial score (nSPS) is 12.8. The molecule has 1 rings (SSSR count). The standard InChI is InChI=1S/C15H22N2O2S/c1-3-5-7-13(4-2)12-17-20(18,19)15-9-6-8-14(10-15)11-16/h6,8-10,13,17H,3-5,7,12H2,1-2H3. The Bertz CT molecular complexity index is 561. The van der Waals surface area contributed by atoms with Crippen molar-refractivity contribution in [2.24, 2.45) is 5.92 Å². The fourth-order valence-electron chi connectivity index (χ4n) is 1.99. The van der Waals surface area contributed by atoms with E-state index in [2.05, 4.69) is 18.6 Å². The van der Waals surface area contributed by atoms with Crippen molar-refractivity contribution in [1.82, 2.24) is 4.72 Å². The Morgan fingerprint density at radius 1 is 1.35 bits per heavy atom. The molecule has 0 aliphatic rings. The SMILES string of the molecule is CCCCC(CC)CNS(=O)(=O)c1cccc(C#N)c1. The number of benzene rings is 1. The van der Waals surface area contributed by atoms with Crippen LogP contribution in [0.15, 0.2) is 29.2 Å². The molecule has 0 aliphatic heterocycles. The third-order valence-electron chi connectivity index (χ3n) is 3.38. The van der Waals surface area contributed by atoms with Gasteiger partial charge in [0.25, 0.3) is 0 Å². The zero-order valence-electron chi connectivity index (χ0n) is 12.1. The van der Waals surface area contributed by atoms with E-state index < -0.39 is 10.0 Å². The van der Waals surface area contributed by atoms with Crippen molar-refractivity contribution in [3.8, 4) is 6.07 Å². The van der Waals surface area contributed by atoms with Crippen molar-refractivity contribution in [2.45, 2.75) is 44.4 Å². The Kier molecular flexibility index (Phi) is 6.69. The van der Waals surface area contributed by atoms with Gasteiger partial charge >= 0.3 is 0 Å². The van der Waals surface area contributed by atoms with Gasteiger partial charge in [0, 0.05) is 6.54 Å². The second-order valence-electron chi connectivity index (χ2n) is 4.91. The van der Waals surface area contributed by atoms with E-state index in [9.17, 15) is 8.42 Å². The first-order valence-corrected chi connectivity index (χ1v) is 8.51. The molecule has 0 amide bonds. The summed E-state index contributed by atoms with van der Waals surface area (Å²) in [5.74, 6) is 0.365. The summed E-state index contributed by atoms with van der Waals surface area (Å²) in [5.41, 5.74) is 0.353. The van der Waals surface area contributed by atoms with Crippen LogP contribution < -0.4 is 4.72 Å². The lowest BCUT2D eigenvalue weighted by molar-refractivity contribution is 0.444. The number of sulfonamides is 1. The molecule has 110 valence electrons. The highest BCUT2D eigenvalue weighted by Gasteiger charge is 2.16. The molecule has 0 fully saturated rings. The smallest absolute Gasteiger partial charge is 0.211 e. The van der Waals surface area contributed by atoms with Gasteiger partial charge in [0.05, 0.1) is 16.5 Å². The first-order chi connectivity index (χ1) is 9.53. The van der Waals surface area contributed by atoms with E-state index >= 15 is 0 Å². The van der Waals surface area contributed by atoms with Crippen molar-refractivity contribution in [3.05, 3.63) is 29.8 Å². The molecule has 4 nitrogen and oxygen atoms in total. The van der Waals surface area contributed by atoms with Gasteiger partial charge in [-0.3, -0.25) is 0 Å². The summed E-state index contributed by atoms with van der Waals surface area (Å²) >= 11 is 0. The van der Waals surface area contributed by atoms with Crippen LogP contribution in [0.4, 0.5) is 0 Å². The first kappa shape index (κ1) is 16.7. The number of nitrogens with one attached hydrogen (secondary N) is 1. The monoisotopic (exact) mass is 294 g/mol. The van der Waals surface area contributed by atoms with Crippen LogP contribution in [0.2, 0.25) is 0 Å². The van der Waals surface area contributed by atoms with Crippen molar-refractivity contribution < 1.29 is 8.42 Å². The molecule has 0 saturated carbocycles. The van der Waals surface area contributed by atoms with E-state index in [0.717, 1.165) is 25.7 Å².